The summed E-state index contributed by atoms with van der Waals surface area (Å²) in [6.45, 7) is 2.40. The highest BCUT2D eigenvalue weighted by Crippen LogP contribution is 2.30. The van der Waals surface area contributed by atoms with Gasteiger partial charge in [-0.1, -0.05) is 42.5 Å². The average Bonchev–Trinajstić information content (AvgIpc) is 3.53. The van der Waals surface area contributed by atoms with E-state index in [0.29, 0.717) is 22.3 Å². The molecule has 1 N–H and O–H groups in total. The molecule has 0 unspecified atom stereocenters. The van der Waals surface area contributed by atoms with E-state index in [9.17, 15) is 14.0 Å². The topological polar surface area (TPSA) is 67.2 Å². The summed E-state index contributed by atoms with van der Waals surface area (Å²) in [5, 5.41) is 5.32. The molecule has 1 atom stereocenters. The number of amides is 1. The van der Waals surface area contributed by atoms with Crippen molar-refractivity contribution in [1.29, 1.82) is 0 Å². The zero-order valence-corrected chi connectivity index (χ0v) is 19.4. The van der Waals surface area contributed by atoms with Gasteiger partial charge in [0.25, 0.3) is 5.56 Å². The van der Waals surface area contributed by atoms with E-state index in [1.807, 2.05) is 23.6 Å². The molecule has 2 aromatic carbocycles. The molecule has 1 fully saturated rings. The number of carbonyl (C=O) groups is 1. The van der Waals surface area contributed by atoms with E-state index in [1.165, 1.54) is 39.9 Å². The second-order valence-corrected chi connectivity index (χ2v) is 9.35. The van der Waals surface area contributed by atoms with Crippen LogP contribution in [0.15, 0.2) is 71.1 Å². The number of aromatic nitrogens is 2. The smallest absolute Gasteiger partial charge is 0.263 e. The van der Waals surface area contributed by atoms with Gasteiger partial charge in [-0.2, -0.15) is 0 Å². The minimum atomic E-state index is -0.335. The van der Waals surface area contributed by atoms with Gasteiger partial charge >= 0.3 is 0 Å². The number of benzene rings is 2. The quantitative estimate of drug-likeness (QED) is 0.434. The van der Waals surface area contributed by atoms with Crippen LogP contribution >= 0.6 is 11.3 Å². The number of fused-ring (bicyclic) bond motifs is 1. The Labute approximate surface area is 200 Å². The first-order chi connectivity index (χ1) is 16.6. The third-order valence-electron chi connectivity index (χ3n) is 6.29. The van der Waals surface area contributed by atoms with Crippen LogP contribution in [0, 0.1) is 5.82 Å². The van der Waals surface area contributed by atoms with Crippen LogP contribution in [0.1, 0.15) is 24.4 Å². The van der Waals surface area contributed by atoms with Gasteiger partial charge in [0.05, 0.1) is 17.8 Å². The summed E-state index contributed by atoms with van der Waals surface area (Å²) in [5.41, 5.74) is 2.34. The fourth-order valence-corrected chi connectivity index (χ4v) is 5.44. The molecule has 2 aromatic heterocycles. The molecule has 0 aliphatic carbocycles. The van der Waals surface area contributed by atoms with Gasteiger partial charge < -0.3 is 5.32 Å². The van der Waals surface area contributed by atoms with Crippen molar-refractivity contribution in [3.63, 3.8) is 0 Å². The number of hydrogen-bond acceptors (Lipinski definition) is 5. The van der Waals surface area contributed by atoms with Gasteiger partial charge in [0.1, 0.15) is 17.2 Å². The fourth-order valence-electron chi connectivity index (χ4n) is 4.53. The highest BCUT2D eigenvalue weighted by Gasteiger charge is 2.24. The van der Waals surface area contributed by atoms with E-state index in [1.54, 1.807) is 12.1 Å². The molecule has 1 saturated heterocycles. The largest absolute Gasteiger partial charge is 0.353 e. The van der Waals surface area contributed by atoms with Crippen molar-refractivity contribution in [2.75, 3.05) is 19.6 Å². The van der Waals surface area contributed by atoms with Crippen LogP contribution in [0.25, 0.3) is 21.3 Å². The molecule has 34 heavy (non-hydrogen) atoms. The van der Waals surface area contributed by atoms with Crippen LogP contribution in [0.2, 0.25) is 0 Å². The van der Waals surface area contributed by atoms with Crippen LogP contribution in [-0.2, 0) is 11.3 Å². The number of nitrogens with zero attached hydrogens (tertiary/aromatic N) is 3. The zero-order chi connectivity index (χ0) is 23.5. The van der Waals surface area contributed by atoms with Crippen molar-refractivity contribution >= 4 is 27.5 Å². The van der Waals surface area contributed by atoms with E-state index in [4.69, 9.17) is 0 Å². The number of halogens is 1. The lowest BCUT2D eigenvalue weighted by atomic mass is 10.1. The molecule has 174 valence electrons. The van der Waals surface area contributed by atoms with E-state index in [0.717, 1.165) is 31.5 Å². The maximum absolute atomic E-state index is 13.3. The van der Waals surface area contributed by atoms with E-state index < -0.39 is 0 Å². The predicted molar refractivity (Wildman–Crippen MR) is 132 cm³/mol. The van der Waals surface area contributed by atoms with Gasteiger partial charge in [0, 0.05) is 17.5 Å². The Morgan fingerprint density at radius 2 is 1.82 bits per heavy atom. The lowest BCUT2D eigenvalue weighted by Gasteiger charge is -2.28. The van der Waals surface area contributed by atoms with Crippen molar-refractivity contribution < 1.29 is 9.18 Å². The summed E-state index contributed by atoms with van der Waals surface area (Å²) < 4.78 is 14.7. The molecule has 1 aliphatic heterocycles. The normalized spacial score (nSPS) is 15.0. The molecule has 6 nitrogen and oxygen atoms in total. The second-order valence-electron chi connectivity index (χ2n) is 8.49. The Bertz CT molecular complexity index is 1340. The SMILES string of the molecule is O=C(Cn1cnc2scc(-c3ccc(F)cc3)c2c1=O)NC[C@H](c1ccccc1)N1CCCC1. The first-order valence-corrected chi connectivity index (χ1v) is 12.3. The summed E-state index contributed by atoms with van der Waals surface area (Å²) >= 11 is 1.36. The third kappa shape index (κ3) is 4.64. The summed E-state index contributed by atoms with van der Waals surface area (Å²) in [7, 11) is 0. The molecular formula is C26H25FN4O2S. The minimum Gasteiger partial charge on any atom is -0.353 e. The molecule has 1 amide bonds. The Hall–Kier alpha value is -3.36. The number of hydrogen-bond donors (Lipinski definition) is 1. The number of thiophene rings is 1. The molecule has 4 aromatic rings. The molecular weight excluding hydrogens is 451 g/mol. The van der Waals surface area contributed by atoms with Crippen LogP contribution < -0.4 is 10.9 Å². The first-order valence-electron chi connectivity index (χ1n) is 11.4. The van der Waals surface area contributed by atoms with Crippen LogP contribution in [0.5, 0.6) is 0 Å². The van der Waals surface area contributed by atoms with Crippen molar-refractivity contribution in [2.24, 2.45) is 0 Å². The Kier molecular flexibility index (Phi) is 6.51. The molecule has 1 aliphatic rings. The Morgan fingerprint density at radius 3 is 2.56 bits per heavy atom. The second kappa shape index (κ2) is 9.87. The number of carbonyl (C=O) groups excluding carboxylic acids is 1. The molecule has 0 radical (unpaired) electrons. The molecule has 0 spiro atoms. The van der Waals surface area contributed by atoms with Gasteiger partial charge in [0.15, 0.2) is 0 Å². The van der Waals surface area contributed by atoms with E-state index in [2.05, 4.69) is 27.3 Å². The van der Waals surface area contributed by atoms with Crippen molar-refractivity contribution in [3.05, 3.63) is 88.0 Å². The highest BCUT2D eigenvalue weighted by molar-refractivity contribution is 7.17. The Morgan fingerprint density at radius 1 is 1.09 bits per heavy atom. The van der Waals surface area contributed by atoms with Crippen molar-refractivity contribution in [1.82, 2.24) is 19.8 Å². The monoisotopic (exact) mass is 476 g/mol. The third-order valence-corrected chi connectivity index (χ3v) is 7.17. The number of rotatable bonds is 7. The Balaban J connectivity index is 1.34. The van der Waals surface area contributed by atoms with Gasteiger partial charge in [-0.05, 0) is 49.2 Å². The van der Waals surface area contributed by atoms with Gasteiger partial charge in [-0.25, -0.2) is 9.37 Å². The van der Waals surface area contributed by atoms with Gasteiger partial charge in [-0.15, -0.1) is 11.3 Å². The van der Waals surface area contributed by atoms with Gasteiger partial charge in [0.2, 0.25) is 5.91 Å². The maximum atomic E-state index is 13.3. The predicted octanol–water partition coefficient (Wildman–Crippen LogP) is 4.22. The van der Waals surface area contributed by atoms with Crippen LogP contribution in [-0.4, -0.2) is 40.0 Å². The number of likely N-dealkylation sites (tertiary alicyclic amines) is 1. The van der Waals surface area contributed by atoms with E-state index >= 15 is 0 Å². The summed E-state index contributed by atoms with van der Waals surface area (Å²) in [6.07, 6.45) is 3.75. The lowest BCUT2D eigenvalue weighted by Crippen LogP contribution is -2.39. The summed E-state index contributed by atoms with van der Waals surface area (Å²) in [5.74, 6) is -0.569. The fraction of sp³-hybridized carbons (Fsp3) is 0.269. The molecule has 3 heterocycles. The average molecular weight is 477 g/mol. The van der Waals surface area contributed by atoms with Crippen molar-refractivity contribution in [2.45, 2.75) is 25.4 Å². The number of nitrogens with one attached hydrogen (secondary N) is 1. The lowest BCUT2D eigenvalue weighted by molar-refractivity contribution is -0.122. The molecule has 8 heteroatoms. The maximum Gasteiger partial charge on any atom is 0.263 e. The zero-order valence-electron chi connectivity index (χ0n) is 18.6. The molecule has 5 rings (SSSR count). The highest BCUT2D eigenvalue weighted by atomic mass is 32.1. The van der Waals surface area contributed by atoms with Crippen molar-refractivity contribution in [3.8, 4) is 11.1 Å². The van der Waals surface area contributed by atoms with E-state index in [-0.39, 0.29) is 29.9 Å². The summed E-state index contributed by atoms with van der Waals surface area (Å²) in [4.78, 5) is 33.4. The van der Waals surface area contributed by atoms with Crippen LogP contribution in [0.4, 0.5) is 4.39 Å². The minimum absolute atomic E-state index is 0.104. The molecule has 0 bridgehead atoms. The molecule has 0 saturated carbocycles. The standard InChI is InChI=1S/C26H25FN4O2S/c27-20-10-8-18(9-11-20)21-16-34-25-24(21)26(33)31(17-29-25)15-23(32)28-14-22(30-12-4-5-13-30)19-6-2-1-3-7-19/h1-3,6-11,16-17,22H,4-5,12-15H2,(H,28,32)/t22-/m1/s1. The first kappa shape index (κ1) is 22.4. The van der Waals surface area contributed by atoms with Crippen LogP contribution in [0.3, 0.4) is 0 Å². The van der Waals surface area contributed by atoms with Gasteiger partial charge in [-0.3, -0.25) is 19.1 Å². The summed E-state index contributed by atoms with van der Waals surface area (Å²) in [6, 6.07) is 16.3.